The lowest BCUT2D eigenvalue weighted by atomic mass is 10.3. The number of carbonyl (C=O) groups is 1. The number of nitrogens with zero attached hydrogens (tertiary/aromatic N) is 2. The molecule has 1 amide bonds. The Kier molecular flexibility index (Phi) is 1.99. The first-order valence-corrected chi connectivity index (χ1v) is 4.67. The van der Waals surface area contributed by atoms with Crippen molar-refractivity contribution in [1.29, 1.82) is 0 Å². The van der Waals surface area contributed by atoms with Crippen LogP contribution in [0, 0.1) is 0 Å². The average Bonchev–Trinajstić information content (AvgIpc) is 2.47. The smallest absolute Gasteiger partial charge is 0.289 e. The van der Waals surface area contributed by atoms with E-state index in [0.717, 1.165) is 0 Å². The first-order valence-electron chi connectivity index (χ1n) is 3.75. The van der Waals surface area contributed by atoms with Gasteiger partial charge in [0.05, 0.1) is 18.1 Å². The zero-order valence-corrected chi connectivity index (χ0v) is 8.48. The fourth-order valence-corrected chi connectivity index (χ4v) is 1.71. The van der Waals surface area contributed by atoms with Crippen LogP contribution in [0.1, 0.15) is 0 Å². The summed E-state index contributed by atoms with van der Waals surface area (Å²) in [5.74, 6) is 0.0636. The van der Waals surface area contributed by atoms with E-state index in [9.17, 15) is 4.79 Å². The van der Waals surface area contributed by atoms with E-state index in [2.05, 4.69) is 26.3 Å². The number of carbonyl (C=O) groups excluding carboxylic acids is 1. The molecule has 0 aliphatic carbocycles. The van der Waals surface area contributed by atoms with Crippen LogP contribution in [0.15, 0.2) is 17.1 Å². The van der Waals surface area contributed by atoms with Gasteiger partial charge in [-0.1, -0.05) is 15.9 Å². The number of rotatable bonds is 1. The van der Waals surface area contributed by atoms with Crippen molar-refractivity contribution in [3.8, 4) is 0 Å². The molecule has 0 spiro atoms. The number of nitrogens with one attached hydrogen (secondary N) is 1. The second kappa shape index (κ2) is 3.02. The van der Waals surface area contributed by atoms with Crippen LogP contribution in [0.4, 0.5) is 0 Å². The second-order valence-corrected chi connectivity index (χ2v) is 3.76. The van der Waals surface area contributed by atoms with Crippen LogP contribution in [-0.2, 0) is 9.53 Å². The molecule has 2 aliphatic rings. The fraction of sp³-hybridized carbons (Fsp3) is 0.429. The largest absolute Gasteiger partial charge is 0.490 e. The maximum absolute atomic E-state index is 11.3. The van der Waals surface area contributed by atoms with Crippen molar-refractivity contribution in [2.75, 3.05) is 7.11 Å². The van der Waals surface area contributed by atoms with Gasteiger partial charge < -0.3 is 10.1 Å². The standard InChI is InChI=1S/C7H8BrN3O2/c1-13-5-3-11-6(10-7(5)12)4(8)2-9-11/h2-4,6H,1H3,(H,10,12). The highest BCUT2D eigenvalue weighted by molar-refractivity contribution is 9.10. The van der Waals surface area contributed by atoms with Gasteiger partial charge in [-0.3, -0.25) is 4.79 Å². The molecule has 2 unspecified atom stereocenters. The molecule has 2 atom stereocenters. The number of hydrogen-bond acceptors (Lipinski definition) is 4. The number of halogens is 1. The molecule has 0 fully saturated rings. The molecule has 0 aromatic heterocycles. The maximum Gasteiger partial charge on any atom is 0.289 e. The van der Waals surface area contributed by atoms with Gasteiger partial charge in [0.2, 0.25) is 5.76 Å². The third-order valence-electron chi connectivity index (χ3n) is 1.90. The highest BCUT2D eigenvalue weighted by Gasteiger charge is 2.34. The Balaban J connectivity index is 2.25. The number of alkyl halides is 1. The summed E-state index contributed by atoms with van der Waals surface area (Å²) in [7, 11) is 1.46. The van der Waals surface area contributed by atoms with E-state index in [1.165, 1.54) is 7.11 Å². The number of hydrogen-bond donors (Lipinski definition) is 1. The van der Waals surface area contributed by atoms with Crippen molar-refractivity contribution in [3.63, 3.8) is 0 Å². The first kappa shape index (κ1) is 8.55. The summed E-state index contributed by atoms with van der Waals surface area (Å²) in [6.45, 7) is 0. The summed E-state index contributed by atoms with van der Waals surface area (Å²) in [5.41, 5.74) is 0. The molecule has 0 aromatic rings. The van der Waals surface area contributed by atoms with Gasteiger partial charge >= 0.3 is 0 Å². The van der Waals surface area contributed by atoms with E-state index < -0.39 is 0 Å². The second-order valence-electron chi connectivity index (χ2n) is 2.70. The quantitative estimate of drug-likeness (QED) is 0.662. The number of hydrazone groups is 1. The lowest BCUT2D eigenvalue weighted by Gasteiger charge is -2.28. The lowest BCUT2D eigenvalue weighted by Crippen LogP contribution is -2.50. The van der Waals surface area contributed by atoms with E-state index >= 15 is 0 Å². The van der Waals surface area contributed by atoms with Crippen LogP contribution < -0.4 is 5.32 Å². The molecule has 5 nitrogen and oxygen atoms in total. The number of ether oxygens (including phenoxy) is 1. The molecule has 0 bridgehead atoms. The molecule has 0 saturated carbocycles. The summed E-state index contributed by atoms with van der Waals surface area (Å²) in [5, 5.41) is 8.47. The van der Waals surface area contributed by atoms with Gasteiger partial charge in [0, 0.05) is 6.21 Å². The minimum atomic E-state index is -0.210. The van der Waals surface area contributed by atoms with Gasteiger partial charge in [-0.25, -0.2) is 5.01 Å². The van der Waals surface area contributed by atoms with Crippen LogP contribution in [0.5, 0.6) is 0 Å². The summed E-state index contributed by atoms with van der Waals surface area (Å²) in [4.78, 5) is 11.4. The Bertz CT molecular complexity index is 302. The Morgan fingerprint density at radius 1 is 1.77 bits per heavy atom. The molecule has 2 rings (SSSR count). The molecule has 0 aromatic carbocycles. The third kappa shape index (κ3) is 1.31. The van der Waals surface area contributed by atoms with Crippen LogP contribution in [0.25, 0.3) is 0 Å². The van der Waals surface area contributed by atoms with Crippen LogP contribution in [0.3, 0.4) is 0 Å². The van der Waals surface area contributed by atoms with Gasteiger partial charge in [-0.05, 0) is 0 Å². The normalized spacial score (nSPS) is 31.1. The summed E-state index contributed by atoms with van der Waals surface area (Å²) < 4.78 is 4.87. The minimum absolute atomic E-state index is 0.0473. The predicted octanol–water partition coefficient (Wildman–Crippen LogP) is -0.00500. The van der Waals surface area contributed by atoms with Crippen molar-refractivity contribution in [1.82, 2.24) is 10.3 Å². The summed E-state index contributed by atoms with van der Waals surface area (Å²) >= 11 is 3.37. The van der Waals surface area contributed by atoms with Crippen molar-refractivity contribution in [2.45, 2.75) is 11.0 Å². The Morgan fingerprint density at radius 2 is 2.54 bits per heavy atom. The molecule has 13 heavy (non-hydrogen) atoms. The van der Waals surface area contributed by atoms with Crippen molar-refractivity contribution in [3.05, 3.63) is 12.0 Å². The zero-order valence-electron chi connectivity index (χ0n) is 6.90. The molecular weight excluding hydrogens is 238 g/mol. The zero-order chi connectivity index (χ0) is 9.42. The fourth-order valence-electron chi connectivity index (χ4n) is 1.23. The molecule has 6 heteroatoms. The van der Waals surface area contributed by atoms with E-state index in [0.29, 0.717) is 0 Å². The molecule has 1 N–H and O–H groups in total. The van der Waals surface area contributed by atoms with Gasteiger partial charge in [0.1, 0.15) is 6.17 Å². The topological polar surface area (TPSA) is 53.9 Å². The molecule has 0 radical (unpaired) electrons. The van der Waals surface area contributed by atoms with E-state index in [4.69, 9.17) is 4.74 Å². The van der Waals surface area contributed by atoms with Crippen molar-refractivity contribution >= 4 is 28.1 Å². The highest BCUT2D eigenvalue weighted by atomic mass is 79.9. The Labute approximate surface area is 83.5 Å². The minimum Gasteiger partial charge on any atom is -0.490 e. The summed E-state index contributed by atoms with van der Waals surface area (Å²) in [6.07, 6.45) is 3.17. The van der Waals surface area contributed by atoms with Crippen molar-refractivity contribution < 1.29 is 9.53 Å². The van der Waals surface area contributed by atoms with Gasteiger partial charge in [0.25, 0.3) is 5.91 Å². The van der Waals surface area contributed by atoms with Crippen LogP contribution in [0.2, 0.25) is 0 Å². The Morgan fingerprint density at radius 3 is 3.23 bits per heavy atom. The van der Waals surface area contributed by atoms with E-state index in [1.54, 1.807) is 17.4 Å². The number of fused-ring (bicyclic) bond motifs is 1. The van der Waals surface area contributed by atoms with Crippen LogP contribution >= 0.6 is 15.9 Å². The molecule has 70 valence electrons. The van der Waals surface area contributed by atoms with E-state index in [1.807, 2.05) is 0 Å². The monoisotopic (exact) mass is 245 g/mol. The molecule has 2 heterocycles. The van der Waals surface area contributed by atoms with Gasteiger partial charge in [-0.2, -0.15) is 5.10 Å². The van der Waals surface area contributed by atoms with Gasteiger partial charge in [0.15, 0.2) is 0 Å². The molecule has 0 saturated heterocycles. The van der Waals surface area contributed by atoms with E-state index in [-0.39, 0.29) is 22.7 Å². The molecular formula is C7H8BrN3O2. The number of methoxy groups -OCH3 is 1. The van der Waals surface area contributed by atoms with Gasteiger partial charge in [-0.15, -0.1) is 0 Å². The van der Waals surface area contributed by atoms with Crippen molar-refractivity contribution in [2.24, 2.45) is 5.10 Å². The highest BCUT2D eigenvalue weighted by Crippen LogP contribution is 2.21. The predicted molar refractivity (Wildman–Crippen MR) is 50.1 cm³/mol. The average molecular weight is 246 g/mol. The Hall–Kier alpha value is -1.04. The third-order valence-corrected chi connectivity index (χ3v) is 2.64. The lowest BCUT2D eigenvalue weighted by molar-refractivity contribution is -0.123. The SMILES string of the molecule is COC1=CN2N=CC(Br)C2NC1=O. The first-order chi connectivity index (χ1) is 6.22. The molecule has 2 aliphatic heterocycles. The summed E-state index contributed by atoms with van der Waals surface area (Å²) in [6, 6.07) is 0. The number of amides is 1. The maximum atomic E-state index is 11.3. The van der Waals surface area contributed by atoms with Crippen LogP contribution in [-0.4, -0.2) is 35.2 Å².